The Kier molecular flexibility index (Phi) is 5.23. The molecule has 3 rings (SSSR count). The second-order valence-electron chi connectivity index (χ2n) is 7.91. The van der Waals surface area contributed by atoms with Gasteiger partial charge in [0.15, 0.2) is 0 Å². The zero-order valence-corrected chi connectivity index (χ0v) is 16.9. The lowest BCUT2D eigenvalue weighted by Crippen LogP contribution is -2.41. The van der Waals surface area contributed by atoms with Crippen LogP contribution in [0.1, 0.15) is 45.5 Å². The first-order chi connectivity index (χ1) is 12.7. The number of esters is 1. The molecular formula is C21H27BO5. The van der Waals surface area contributed by atoms with Crippen LogP contribution in [0.15, 0.2) is 36.4 Å². The molecule has 0 saturated carbocycles. The maximum atomic E-state index is 12.2. The normalized spacial score (nSPS) is 19.1. The Bertz CT molecular complexity index is 830. The third kappa shape index (κ3) is 3.56. The molecule has 2 aromatic carbocycles. The van der Waals surface area contributed by atoms with Crippen LogP contribution in [0.25, 0.3) is 10.8 Å². The molecule has 0 aromatic heterocycles. The lowest BCUT2D eigenvalue weighted by atomic mass is 9.65. The smallest absolute Gasteiger partial charge is 0.466 e. The van der Waals surface area contributed by atoms with Gasteiger partial charge >= 0.3 is 13.1 Å². The highest BCUT2D eigenvalue weighted by atomic mass is 16.7. The van der Waals surface area contributed by atoms with Gasteiger partial charge in [0.1, 0.15) is 5.75 Å². The Labute approximate surface area is 161 Å². The van der Waals surface area contributed by atoms with Crippen molar-refractivity contribution in [2.45, 2.75) is 51.1 Å². The first-order valence-corrected chi connectivity index (χ1v) is 9.18. The van der Waals surface area contributed by atoms with Gasteiger partial charge in [-0.1, -0.05) is 30.3 Å². The minimum Gasteiger partial charge on any atom is -0.496 e. The summed E-state index contributed by atoms with van der Waals surface area (Å²) in [5.74, 6) is 0.198. The number of carbonyl (C=O) groups is 1. The van der Waals surface area contributed by atoms with Crippen LogP contribution in [-0.2, 0) is 18.8 Å². The SMILES string of the molecule is COC(=O)CC(B1OC(C)(C)C(C)(C)O1)c1ccc(OC)c2ccccc12. The molecular weight excluding hydrogens is 343 g/mol. The highest BCUT2D eigenvalue weighted by molar-refractivity contribution is 6.48. The van der Waals surface area contributed by atoms with E-state index in [-0.39, 0.29) is 18.2 Å². The zero-order chi connectivity index (χ0) is 19.8. The van der Waals surface area contributed by atoms with Crippen LogP contribution in [0.5, 0.6) is 5.75 Å². The summed E-state index contributed by atoms with van der Waals surface area (Å²) in [7, 11) is 2.50. The van der Waals surface area contributed by atoms with Gasteiger partial charge in [0, 0.05) is 11.2 Å². The third-order valence-electron chi connectivity index (χ3n) is 5.75. The Morgan fingerprint density at radius 2 is 1.59 bits per heavy atom. The second-order valence-corrected chi connectivity index (χ2v) is 7.91. The fraction of sp³-hybridized carbons (Fsp3) is 0.476. The van der Waals surface area contributed by atoms with E-state index < -0.39 is 18.3 Å². The molecule has 1 aliphatic heterocycles. The van der Waals surface area contributed by atoms with Crippen molar-refractivity contribution in [3.63, 3.8) is 0 Å². The minimum atomic E-state index is -0.550. The lowest BCUT2D eigenvalue weighted by molar-refractivity contribution is -0.140. The van der Waals surface area contributed by atoms with E-state index in [0.717, 1.165) is 22.1 Å². The molecule has 0 N–H and O–H groups in total. The summed E-state index contributed by atoms with van der Waals surface area (Å²) in [5.41, 5.74) is 0.0260. The van der Waals surface area contributed by atoms with Crippen molar-refractivity contribution in [2.75, 3.05) is 14.2 Å². The number of fused-ring (bicyclic) bond motifs is 1. The Balaban J connectivity index is 2.10. The van der Waals surface area contributed by atoms with Gasteiger partial charge in [0.25, 0.3) is 0 Å². The van der Waals surface area contributed by atoms with Gasteiger partial charge in [-0.05, 0) is 44.7 Å². The van der Waals surface area contributed by atoms with E-state index in [1.807, 2.05) is 64.1 Å². The summed E-state index contributed by atoms with van der Waals surface area (Å²) in [5, 5.41) is 2.00. The number of ether oxygens (including phenoxy) is 2. The van der Waals surface area contributed by atoms with E-state index in [1.165, 1.54) is 7.11 Å². The average Bonchev–Trinajstić information content (AvgIpc) is 2.86. The Hall–Kier alpha value is -2.05. The van der Waals surface area contributed by atoms with Crippen LogP contribution in [0.2, 0.25) is 0 Å². The van der Waals surface area contributed by atoms with Crippen molar-refractivity contribution in [1.82, 2.24) is 0 Å². The fourth-order valence-electron chi connectivity index (χ4n) is 3.46. The molecule has 0 bridgehead atoms. The molecule has 1 saturated heterocycles. The van der Waals surface area contributed by atoms with Crippen LogP contribution < -0.4 is 4.74 Å². The summed E-state index contributed by atoms with van der Waals surface area (Å²) >= 11 is 0. The summed E-state index contributed by atoms with van der Waals surface area (Å²) < 4.78 is 23.0. The molecule has 27 heavy (non-hydrogen) atoms. The molecule has 0 spiro atoms. The second kappa shape index (κ2) is 7.17. The largest absolute Gasteiger partial charge is 0.496 e. The molecule has 1 heterocycles. The molecule has 1 fully saturated rings. The molecule has 5 nitrogen and oxygen atoms in total. The average molecular weight is 370 g/mol. The van der Waals surface area contributed by atoms with Gasteiger partial charge in [-0.2, -0.15) is 0 Å². The number of hydrogen-bond acceptors (Lipinski definition) is 5. The highest BCUT2D eigenvalue weighted by Crippen LogP contribution is 2.43. The summed E-state index contributed by atoms with van der Waals surface area (Å²) in [4.78, 5) is 12.2. The lowest BCUT2D eigenvalue weighted by Gasteiger charge is -2.32. The van der Waals surface area contributed by atoms with Crippen molar-refractivity contribution in [3.05, 3.63) is 42.0 Å². The van der Waals surface area contributed by atoms with Crippen molar-refractivity contribution < 1.29 is 23.6 Å². The maximum absolute atomic E-state index is 12.2. The number of benzene rings is 2. The molecule has 0 aliphatic carbocycles. The first kappa shape index (κ1) is 19.7. The minimum absolute atomic E-state index is 0.170. The molecule has 2 aromatic rings. The molecule has 0 radical (unpaired) electrons. The summed E-state index contributed by atoms with van der Waals surface area (Å²) in [6.07, 6.45) is 0.170. The predicted octanol–water partition coefficient (Wildman–Crippen LogP) is 4.13. The Morgan fingerprint density at radius 3 is 2.15 bits per heavy atom. The van der Waals surface area contributed by atoms with E-state index in [2.05, 4.69) is 0 Å². The van der Waals surface area contributed by atoms with Gasteiger partial charge in [-0.25, -0.2) is 0 Å². The fourth-order valence-corrected chi connectivity index (χ4v) is 3.46. The van der Waals surface area contributed by atoms with Gasteiger partial charge in [0.2, 0.25) is 0 Å². The number of rotatable bonds is 5. The van der Waals surface area contributed by atoms with Crippen molar-refractivity contribution in [1.29, 1.82) is 0 Å². The first-order valence-electron chi connectivity index (χ1n) is 9.18. The zero-order valence-electron chi connectivity index (χ0n) is 16.9. The molecule has 1 atom stereocenters. The van der Waals surface area contributed by atoms with E-state index >= 15 is 0 Å². The van der Waals surface area contributed by atoms with Crippen LogP contribution in [0.3, 0.4) is 0 Å². The molecule has 6 heteroatoms. The van der Waals surface area contributed by atoms with Crippen LogP contribution in [0.4, 0.5) is 0 Å². The van der Waals surface area contributed by atoms with Gasteiger partial charge in [0.05, 0.1) is 31.8 Å². The van der Waals surface area contributed by atoms with Gasteiger partial charge in [-0.3, -0.25) is 4.79 Å². The van der Waals surface area contributed by atoms with E-state index in [1.54, 1.807) is 7.11 Å². The summed E-state index contributed by atoms with van der Waals surface area (Å²) in [6.45, 7) is 8.03. The predicted molar refractivity (Wildman–Crippen MR) is 106 cm³/mol. The van der Waals surface area contributed by atoms with Crippen molar-refractivity contribution in [2.24, 2.45) is 0 Å². The number of methoxy groups -OCH3 is 2. The number of carbonyl (C=O) groups excluding carboxylic acids is 1. The standard InChI is InChI=1S/C21H27BO5/c1-20(2)21(3,4)27-22(26-20)17(13-19(23)25-6)15-11-12-18(24-5)16-10-8-7-9-14(15)16/h7-12,17H,13H2,1-6H3. The van der Waals surface area contributed by atoms with Gasteiger partial charge in [-0.15, -0.1) is 0 Å². The molecule has 1 unspecified atom stereocenters. The van der Waals surface area contributed by atoms with Crippen LogP contribution >= 0.6 is 0 Å². The monoisotopic (exact) mass is 370 g/mol. The topological polar surface area (TPSA) is 54.0 Å². The van der Waals surface area contributed by atoms with E-state index in [0.29, 0.717) is 0 Å². The summed E-state index contributed by atoms with van der Waals surface area (Å²) in [6, 6.07) is 11.9. The third-order valence-corrected chi connectivity index (χ3v) is 5.75. The van der Waals surface area contributed by atoms with Crippen LogP contribution in [0, 0.1) is 0 Å². The van der Waals surface area contributed by atoms with Gasteiger partial charge < -0.3 is 18.8 Å². The quantitative estimate of drug-likeness (QED) is 0.585. The highest BCUT2D eigenvalue weighted by Gasteiger charge is 2.54. The number of hydrogen-bond donors (Lipinski definition) is 0. The molecule has 1 aliphatic rings. The molecule has 144 valence electrons. The molecule has 0 amide bonds. The van der Waals surface area contributed by atoms with Crippen molar-refractivity contribution >= 4 is 23.9 Å². The van der Waals surface area contributed by atoms with E-state index in [9.17, 15) is 4.79 Å². The maximum Gasteiger partial charge on any atom is 0.466 e. The Morgan fingerprint density at radius 1 is 1.00 bits per heavy atom. The van der Waals surface area contributed by atoms with Crippen molar-refractivity contribution in [3.8, 4) is 5.75 Å². The van der Waals surface area contributed by atoms with E-state index in [4.69, 9.17) is 18.8 Å². The van der Waals surface area contributed by atoms with Crippen LogP contribution in [-0.4, -0.2) is 38.5 Å².